The first kappa shape index (κ1) is 16.2. The smallest absolute Gasteiger partial charge is 0.377 e. The summed E-state index contributed by atoms with van der Waals surface area (Å²) in [5, 5.41) is 19.1. The summed E-state index contributed by atoms with van der Waals surface area (Å²) in [6, 6.07) is 3.02. The number of carboxylic acid groups (broad SMARTS) is 1. The van der Waals surface area contributed by atoms with Crippen LogP contribution in [0.5, 0.6) is 5.75 Å². The fourth-order valence-electron chi connectivity index (χ4n) is 2.13. The number of benzene rings is 1. The molecule has 110 valence electrons. The fraction of sp³-hybridized carbons (Fsp3) is 0.500. The Bertz CT molecular complexity index is 462. The maximum atomic E-state index is 11.6. The molecule has 1 rings (SSSR count). The van der Waals surface area contributed by atoms with Crippen molar-refractivity contribution in [2.24, 2.45) is 0 Å². The minimum atomic E-state index is -1.46. The summed E-state index contributed by atoms with van der Waals surface area (Å²) in [5.74, 6) is -2.16. The number of hydrogen-bond acceptors (Lipinski definition) is 3. The molecule has 1 aromatic carbocycles. The number of hydrogen-bond donors (Lipinski definition) is 2. The molecular weight excluding hydrogens is 256 g/mol. The Morgan fingerprint density at radius 1 is 1.00 bits per heavy atom. The summed E-state index contributed by atoms with van der Waals surface area (Å²) >= 11 is 0. The molecule has 0 aliphatic heterocycles. The van der Waals surface area contributed by atoms with Gasteiger partial charge in [0.15, 0.2) is 0 Å². The van der Waals surface area contributed by atoms with E-state index in [1.807, 2.05) is 13.8 Å². The van der Waals surface area contributed by atoms with E-state index in [4.69, 9.17) is 5.11 Å². The molecule has 2 N–H and O–H groups in total. The van der Waals surface area contributed by atoms with Crippen molar-refractivity contribution in [3.05, 3.63) is 28.8 Å². The van der Waals surface area contributed by atoms with Crippen molar-refractivity contribution < 1.29 is 19.8 Å². The highest BCUT2D eigenvalue weighted by molar-refractivity contribution is 6.39. The number of ketones is 1. The lowest BCUT2D eigenvalue weighted by Crippen LogP contribution is -2.13. The van der Waals surface area contributed by atoms with Gasteiger partial charge in [0.2, 0.25) is 0 Å². The van der Waals surface area contributed by atoms with Gasteiger partial charge in [-0.1, -0.05) is 26.7 Å². The second-order valence-electron chi connectivity index (χ2n) is 4.98. The van der Waals surface area contributed by atoms with Crippen LogP contribution in [0.2, 0.25) is 0 Å². The number of Topliss-reactive ketones (excluding diaryl/α,β-unsaturated/α-hetero) is 1. The summed E-state index contributed by atoms with van der Waals surface area (Å²) in [6.45, 7) is 4.09. The van der Waals surface area contributed by atoms with Gasteiger partial charge in [0, 0.05) is 5.56 Å². The molecule has 0 aliphatic carbocycles. The zero-order valence-corrected chi connectivity index (χ0v) is 12.1. The number of aliphatic carboxylic acids is 1. The number of aromatic hydroxyl groups is 1. The number of aryl methyl sites for hydroxylation is 2. The highest BCUT2D eigenvalue weighted by Gasteiger charge is 2.18. The van der Waals surface area contributed by atoms with E-state index < -0.39 is 11.8 Å². The van der Waals surface area contributed by atoms with Crippen molar-refractivity contribution in [2.45, 2.75) is 52.4 Å². The van der Waals surface area contributed by atoms with Gasteiger partial charge in [0.25, 0.3) is 5.78 Å². The van der Waals surface area contributed by atoms with Crippen LogP contribution in [0.4, 0.5) is 0 Å². The molecule has 4 nitrogen and oxygen atoms in total. The van der Waals surface area contributed by atoms with Gasteiger partial charge in [0.05, 0.1) is 0 Å². The molecule has 0 amide bonds. The summed E-state index contributed by atoms with van der Waals surface area (Å²) < 4.78 is 0. The monoisotopic (exact) mass is 278 g/mol. The van der Waals surface area contributed by atoms with Gasteiger partial charge in [-0.25, -0.2) is 4.79 Å². The van der Waals surface area contributed by atoms with Gasteiger partial charge in [0.1, 0.15) is 5.75 Å². The number of carboxylic acids is 1. The summed E-state index contributed by atoms with van der Waals surface area (Å²) in [4.78, 5) is 22.4. The van der Waals surface area contributed by atoms with Crippen LogP contribution in [-0.2, 0) is 17.6 Å². The lowest BCUT2D eigenvalue weighted by molar-refractivity contribution is -0.131. The van der Waals surface area contributed by atoms with Gasteiger partial charge in [-0.2, -0.15) is 0 Å². The third-order valence-electron chi connectivity index (χ3n) is 3.32. The SMILES string of the molecule is CCCCc1cc(C(=O)C(=O)O)cc(CCCC)c1O. The van der Waals surface area contributed by atoms with Gasteiger partial charge < -0.3 is 10.2 Å². The largest absolute Gasteiger partial charge is 0.507 e. The first-order chi connectivity index (χ1) is 9.51. The first-order valence-corrected chi connectivity index (χ1v) is 7.13. The van der Waals surface area contributed by atoms with Crippen molar-refractivity contribution in [3.63, 3.8) is 0 Å². The highest BCUT2D eigenvalue weighted by Crippen LogP contribution is 2.28. The maximum absolute atomic E-state index is 11.6. The van der Waals surface area contributed by atoms with Gasteiger partial charge in [-0.05, 0) is 48.9 Å². The standard InChI is InChI=1S/C16H22O4/c1-3-5-7-11-9-13(15(18)16(19)20)10-12(14(11)17)8-6-4-2/h9-10,17H,3-8H2,1-2H3,(H,19,20). The van der Waals surface area contributed by atoms with E-state index in [-0.39, 0.29) is 11.3 Å². The Morgan fingerprint density at radius 3 is 1.80 bits per heavy atom. The van der Waals surface area contributed by atoms with Crippen molar-refractivity contribution in [2.75, 3.05) is 0 Å². The highest BCUT2D eigenvalue weighted by atomic mass is 16.4. The molecule has 4 heteroatoms. The number of rotatable bonds is 8. The molecule has 0 saturated heterocycles. The van der Waals surface area contributed by atoms with Crippen molar-refractivity contribution in [1.29, 1.82) is 0 Å². The van der Waals surface area contributed by atoms with Crippen LogP contribution in [0.25, 0.3) is 0 Å². The minimum absolute atomic E-state index is 0.160. The summed E-state index contributed by atoms with van der Waals surface area (Å²) in [6.07, 6.45) is 5.04. The molecule has 0 fully saturated rings. The van der Waals surface area contributed by atoms with E-state index in [1.165, 1.54) is 12.1 Å². The van der Waals surface area contributed by atoms with Gasteiger partial charge in [-0.15, -0.1) is 0 Å². The van der Waals surface area contributed by atoms with Crippen LogP contribution in [0.3, 0.4) is 0 Å². The molecule has 0 aromatic heterocycles. The zero-order chi connectivity index (χ0) is 15.1. The maximum Gasteiger partial charge on any atom is 0.377 e. The molecule has 0 bridgehead atoms. The molecule has 0 aliphatic rings. The lowest BCUT2D eigenvalue weighted by Gasteiger charge is -2.12. The van der Waals surface area contributed by atoms with Crippen molar-refractivity contribution in [3.8, 4) is 5.75 Å². The average Bonchev–Trinajstić information content (AvgIpc) is 2.43. The van der Waals surface area contributed by atoms with Crippen LogP contribution in [0.1, 0.15) is 61.0 Å². The summed E-state index contributed by atoms with van der Waals surface area (Å²) in [7, 11) is 0. The predicted molar refractivity (Wildman–Crippen MR) is 77.3 cm³/mol. The molecule has 20 heavy (non-hydrogen) atoms. The van der Waals surface area contributed by atoms with Crippen LogP contribution in [0, 0.1) is 0 Å². The summed E-state index contributed by atoms with van der Waals surface area (Å²) in [5.41, 5.74) is 1.50. The van der Waals surface area contributed by atoms with Gasteiger partial charge >= 0.3 is 5.97 Å². The number of phenols is 1. The number of carbonyl (C=O) groups is 2. The molecule has 0 radical (unpaired) electrons. The number of unbranched alkanes of at least 4 members (excludes halogenated alkanes) is 2. The number of carbonyl (C=O) groups excluding carboxylic acids is 1. The van der Waals surface area contributed by atoms with Gasteiger partial charge in [-0.3, -0.25) is 4.79 Å². The van der Waals surface area contributed by atoms with E-state index in [2.05, 4.69) is 0 Å². The molecule has 0 spiro atoms. The normalized spacial score (nSPS) is 10.5. The average molecular weight is 278 g/mol. The third kappa shape index (κ3) is 4.08. The van der Waals surface area contributed by atoms with Crippen LogP contribution < -0.4 is 0 Å². The predicted octanol–water partition coefficient (Wildman–Crippen LogP) is 3.34. The second-order valence-corrected chi connectivity index (χ2v) is 4.98. The number of phenolic OH excluding ortho intramolecular Hbond substituents is 1. The Morgan fingerprint density at radius 2 is 1.45 bits per heavy atom. The Labute approximate surface area is 119 Å². The molecular formula is C16H22O4. The van der Waals surface area contributed by atoms with Crippen LogP contribution >= 0.6 is 0 Å². The Balaban J connectivity index is 3.18. The zero-order valence-electron chi connectivity index (χ0n) is 12.1. The minimum Gasteiger partial charge on any atom is -0.507 e. The molecule has 0 heterocycles. The van der Waals surface area contributed by atoms with E-state index >= 15 is 0 Å². The van der Waals surface area contributed by atoms with E-state index in [9.17, 15) is 14.7 Å². The van der Waals surface area contributed by atoms with Crippen LogP contribution in [-0.4, -0.2) is 22.0 Å². The van der Waals surface area contributed by atoms with Crippen molar-refractivity contribution >= 4 is 11.8 Å². The first-order valence-electron chi connectivity index (χ1n) is 7.13. The Hall–Kier alpha value is -1.84. The third-order valence-corrected chi connectivity index (χ3v) is 3.32. The molecule has 0 atom stereocenters. The quantitative estimate of drug-likeness (QED) is 0.565. The topological polar surface area (TPSA) is 74.6 Å². The van der Waals surface area contributed by atoms with Crippen molar-refractivity contribution in [1.82, 2.24) is 0 Å². The van der Waals surface area contributed by atoms with E-state index in [1.54, 1.807) is 0 Å². The Kier molecular flexibility index (Phi) is 6.22. The molecule has 0 unspecified atom stereocenters. The lowest BCUT2D eigenvalue weighted by atomic mass is 9.95. The van der Waals surface area contributed by atoms with E-state index in [0.717, 1.165) is 25.7 Å². The second kappa shape index (κ2) is 7.68. The van der Waals surface area contributed by atoms with Crippen LogP contribution in [0.15, 0.2) is 12.1 Å². The fourth-order valence-corrected chi connectivity index (χ4v) is 2.13. The molecule has 1 aromatic rings. The molecule has 0 saturated carbocycles. The van der Waals surface area contributed by atoms with E-state index in [0.29, 0.717) is 24.0 Å².